The van der Waals surface area contributed by atoms with Gasteiger partial charge in [0, 0.05) is 5.92 Å². The Morgan fingerprint density at radius 3 is 2.56 bits per heavy atom. The van der Waals surface area contributed by atoms with Gasteiger partial charge in [-0.2, -0.15) is 0 Å². The minimum atomic E-state index is 0.146. The monoisotopic (exact) mass is 220 g/mol. The van der Waals surface area contributed by atoms with Gasteiger partial charge in [-0.15, -0.1) is 6.58 Å². The molecule has 1 aromatic carbocycles. The Morgan fingerprint density at radius 1 is 1.25 bits per heavy atom. The van der Waals surface area contributed by atoms with E-state index >= 15 is 0 Å². The molecule has 2 atom stereocenters. The molecule has 0 heterocycles. The SMILES string of the molecule is C=CCOC[C@@H](C)[C@H](C)Oc1ccccc1. The van der Waals surface area contributed by atoms with Crippen LogP contribution in [0.3, 0.4) is 0 Å². The molecule has 0 aliphatic rings. The molecule has 0 bridgehead atoms. The average molecular weight is 220 g/mol. The summed E-state index contributed by atoms with van der Waals surface area (Å²) in [6.45, 7) is 9.09. The van der Waals surface area contributed by atoms with Crippen LogP contribution in [0, 0.1) is 5.92 Å². The van der Waals surface area contributed by atoms with Crippen molar-refractivity contribution in [3.05, 3.63) is 43.0 Å². The van der Waals surface area contributed by atoms with Crippen LogP contribution in [-0.2, 0) is 4.74 Å². The van der Waals surface area contributed by atoms with E-state index in [-0.39, 0.29) is 6.10 Å². The normalized spacial score (nSPS) is 14.1. The van der Waals surface area contributed by atoms with Gasteiger partial charge in [-0.25, -0.2) is 0 Å². The average Bonchev–Trinajstić information content (AvgIpc) is 2.30. The molecule has 16 heavy (non-hydrogen) atoms. The van der Waals surface area contributed by atoms with E-state index in [9.17, 15) is 0 Å². The van der Waals surface area contributed by atoms with Gasteiger partial charge >= 0.3 is 0 Å². The molecule has 0 spiro atoms. The lowest BCUT2D eigenvalue weighted by Gasteiger charge is -2.21. The molecule has 2 nitrogen and oxygen atoms in total. The highest BCUT2D eigenvalue weighted by Crippen LogP contribution is 2.15. The zero-order valence-corrected chi connectivity index (χ0v) is 10.1. The van der Waals surface area contributed by atoms with Crippen LogP contribution >= 0.6 is 0 Å². The largest absolute Gasteiger partial charge is 0.490 e. The van der Waals surface area contributed by atoms with Gasteiger partial charge in [0.1, 0.15) is 11.9 Å². The number of para-hydroxylation sites is 1. The van der Waals surface area contributed by atoms with E-state index in [1.807, 2.05) is 30.3 Å². The lowest BCUT2D eigenvalue weighted by atomic mass is 10.1. The van der Waals surface area contributed by atoms with Crippen molar-refractivity contribution in [2.75, 3.05) is 13.2 Å². The molecule has 0 aliphatic heterocycles. The van der Waals surface area contributed by atoms with E-state index in [1.165, 1.54) is 0 Å². The number of ether oxygens (including phenoxy) is 2. The van der Waals surface area contributed by atoms with Crippen molar-refractivity contribution in [3.8, 4) is 5.75 Å². The summed E-state index contributed by atoms with van der Waals surface area (Å²) in [5, 5.41) is 0. The van der Waals surface area contributed by atoms with Gasteiger partial charge in [-0.3, -0.25) is 0 Å². The second kappa shape index (κ2) is 7.07. The summed E-state index contributed by atoms with van der Waals surface area (Å²) in [5.74, 6) is 1.27. The predicted molar refractivity (Wildman–Crippen MR) is 66.7 cm³/mol. The summed E-state index contributed by atoms with van der Waals surface area (Å²) in [6, 6.07) is 9.86. The Labute approximate surface area is 97.9 Å². The second-order valence-corrected chi connectivity index (χ2v) is 3.94. The van der Waals surface area contributed by atoms with E-state index in [0.717, 1.165) is 5.75 Å². The standard InChI is InChI=1S/C14H20O2/c1-4-10-15-11-12(2)13(3)16-14-8-6-5-7-9-14/h4-9,12-13H,1,10-11H2,2-3H3/t12-,13+/m1/s1. The molecule has 1 aromatic rings. The fourth-order valence-corrected chi connectivity index (χ4v) is 1.30. The Hall–Kier alpha value is -1.28. The first-order valence-corrected chi connectivity index (χ1v) is 5.64. The van der Waals surface area contributed by atoms with Gasteiger partial charge < -0.3 is 9.47 Å². The van der Waals surface area contributed by atoms with E-state index in [0.29, 0.717) is 19.1 Å². The van der Waals surface area contributed by atoms with Gasteiger partial charge in [-0.05, 0) is 19.1 Å². The first-order valence-electron chi connectivity index (χ1n) is 5.64. The summed E-state index contributed by atoms with van der Waals surface area (Å²) in [6.07, 6.45) is 1.90. The van der Waals surface area contributed by atoms with Gasteiger partial charge in [-0.1, -0.05) is 31.2 Å². The molecule has 0 amide bonds. The highest BCUT2D eigenvalue weighted by Gasteiger charge is 2.13. The number of hydrogen-bond donors (Lipinski definition) is 0. The Bertz CT molecular complexity index is 295. The van der Waals surface area contributed by atoms with Crippen LogP contribution in [0.2, 0.25) is 0 Å². The van der Waals surface area contributed by atoms with Crippen molar-refractivity contribution in [3.63, 3.8) is 0 Å². The lowest BCUT2D eigenvalue weighted by Crippen LogP contribution is -2.25. The van der Waals surface area contributed by atoms with E-state index in [2.05, 4.69) is 20.4 Å². The summed E-state index contributed by atoms with van der Waals surface area (Å²) >= 11 is 0. The van der Waals surface area contributed by atoms with Crippen LogP contribution in [0.1, 0.15) is 13.8 Å². The van der Waals surface area contributed by atoms with Crippen LogP contribution in [0.4, 0.5) is 0 Å². The van der Waals surface area contributed by atoms with Crippen molar-refractivity contribution in [1.29, 1.82) is 0 Å². The van der Waals surface area contributed by atoms with Crippen LogP contribution in [0.15, 0.2) is 43.0 Å². The van der Waals surface area contributed by atoms with Crippen molar-refractivity contribution in [1.82, 2.24) is 0 Å². The van der Waals surface area contributed by atoms with Gasteiger partial charge in [0.2, 0.25) is 0 Å². The van der Waals surface area contributed by atoms with Crippen molar-refractivity contribution in [2.45, 2.75) is 20.0 Å². The molecule has 1 rings (SSSR count). The summed E-state index contributed by atoms with van der Waals surface area (Å²) < 4.78 is 11.2. The molecule has 88 valence electrons. The van der Waals surface area contributed by atoms with E-state index in [1.54, 1.807) is 6.08 Å². The van der Waals surface area contributed by atoms with Crippen LogP contribution in [0.25, 0.3) is 0 Å². The third-order valence-electron chi connectivity index (χ3n) is 2.48. The molecular formula is C14H20O2. The van der Waals surface area contributed by atoms with Crippen LogP contribution in [0.5, 0.6) is 5.75 Å². The molecular weight excluding hydrogens is 200 g/mol. The topological polar surface area (TPSA) is 18.5 Å². The molecule has 0 unspecified atom stereocenters. The fraction of sp³-hybridized carbons (Fsp3) is 0.429. The van der Waals surface area contributed by atoms with Gasteiger partial charge in [0.15, 0.2) is 0 Å². The third kappa shape index (κ3) is 4.49. The van der Waals surface area contributed by atoms with Crippen molar-refractivity contribution in [2.24, 2.45) is 5.92 Å². The molecule has 0 N–H and O–H groups in total. The van der Waals surface area contributed by atoms with E-state index in [4.69, 9.17) is 9.47 Å². The maximum absolute atomic E-state index is 5.80. The highest BCUT2D eigenvalue weighted by atomic mass is 16.5. The van der Waals surface area contributed by atoms with Gasteiger partial charge in [0.25, 0.3) is 0 Å². The maximum Gasteiger partial charge on any atom is 0.119 e. The molecule has 0 saturated heterocycles. The Morgan fingerprint density at radius 2 is 1.94 bits per heavy atom. The number of rotatable bonds is 7. The van der Waals surface area contributed by atoms with Crippen molar-refractivity contribution < 1.29 is 9.47 Å². The van der Waals surface area contributed by atoms with Crippen LogP contribution in [-0.4, -0.2) is 19.3 Å². The zero-order chi connectivity index (χ0) is 11.8. The smallest absolute Gasteiger partial charge is 0.119 e. The van der Waals surface area contributed by atoms with E-state index < -0.39 is 0 Å². The highest BCUT2D eigenvalue weighted by molar-refractivity contribution is 5.21. The molecule has 0 aromatic heterocycles. The maximum atomic E-state index is 5.80. The molecule has 0 radical (unpaired) electrons. The molecule has 2 heteroatoms. The van der Waals surface area contributed by atoms with Gasteiger partial charge in [0.05, 0.1) is 13.2 Å². The number of benzene rings is 1. The first kappa shape index (κ1) is 12.8. The summed E-state index contributed by atoms with van der Waals surface area (Å²) in [4.78, 5) is 0. The zero-order valence-electron chi connectivity index (χ0n) is 10.1. The fourth-order valence-electron chi connectivity index (χ4n) is 1.30. The predicted octanol–water partition coefficient (Wildman–Crippen LogP) is 3.29. The van der Waals surface area contributed by atoms with Crippen LogP contribution < -0.4 is 4.74 Å². The minimum absolute atomic E-state index is 0.146. The molecule has 0 aliphatic carbocycles. The molecule has 0 fully saturated rings. The lowest BCUT2D eigenvalue weighted by molar-refractivity contribution is 0.0677. The summed E-state index contributed by atoms with van der Waals surface area (Å²) in [7, 11) is 0. The van der Waals surface area contributed by atoms with Crippen molar-refractivity contribution >= 4 is 0 Å². The minimum Gasteiger partial charge on any atom is -0.490 e. The second-order valence-electron chi connectivity index (χ2n) is 3.94. The Kier molecular flexibility index (Phi) is 5.65. The quantitative estimate of drug-likeness (QED) is 0.518. The Balaban J connectivity index is 2.33. The molecule has 0 saturated carbocycles. The first-order chi connectivity index (χ1) is 7.74. The number of hydrogen-bond acceptors (Lipinski definition) is 2. The third-order valence-corrected chi connectivity index (χ3v) is 2.48. The summed E-state index contributed by atoms with van der Waals surface area (Å²) in [5.41, 5.74) is 0.